The minimum absolute atomic E-state index is 0.0674. The molecular weight excluding hydrogens is 390 g/mol. The van der Waals surface area contributed by atoms with Crippen molar-refractivity contribution in [1.29, 1.82) is 0 Å². The van der Waals surface area contributed by atoms with E-state index in [-0.39, 0.29) is 16.6 Å². The summed E-state index contributed by atoms with van der Waals surface area (Å²) >= 11 is 6.27. The Kier molecular flexibility index (Phi) is 5.17. The van der Waals surface area contributed by atoms with E-state index in [1.807, 2.05) is 6.92 Å². The highest BCUT2D eigenvalue weighted by atomic mass is 32.2. The van der Waals surface area contributed by atoms with Gasteiger partial charge in [-0.25, -0.2) is 0 Å². The van der Waals surface area contributed by atoms with E-state index in [4.69, 9.17) is 16.4 Å². The highest BCUT2D eigenvalue weighted by Gasteiger charge is 2.29. The smallest absolute Gasteiger partial charge is 0.339 e. The Hall–Kier alpha value is -2.16. The lowest BCUT2D eigenvalue weighted by Crippen LogP contribution is -2.22. The van der Waals surface area contributed by atoms with Gasteiger partial charge in [0.2, 0.25) is 0 Å². The summed E-state index contributed by atoms with van der Waals surface area (Å²) in [5, 5.41) is 0. The van der Waals surface area contributed by atoms with E-state index in [1.54, 1.807) is 49.5 Å². The number of rotatable bonds is 4. The number of benzene rings is 2. The topological polar surface area (TPSA) is 63.7 Å². The largest absolute Gasteiger partial charge is 0.378 e. The van der Waals surface area contributed by atoms with Crippen LogP contribution in [0.1, 0.15) is 11.1 Å². The second-order valence-corrected chi connectivity index (χ2v) is 8.85. The molecule has 1 heterocycles. The summed E-state index contributed by atoms with van der Waals surface area (Å²) in [4.78, 5) is 14.0. The van der Waals surface area contributed by atoms with Gasteiger partial charge in [0.25, 0.3) is 5.91 Å². The number of aryl methyl sites for hydroxylation is 1. The maximum atomic E-state index is 12.5. The first-order valence-corrected chi connectivity index (χ1v) is 10.2. The van der Waals surface area contributed by atoms with E-state index in [0.717, 1.165) is 5.56 Å². The second kappa shape index (κ2) is 7.22. The van der Waals surface area contributed by atoms with Crippen LogP contribution in [0.3, 0.4) is 0 Å². The zero-order chi connectivity index (χ0) is 18.9. The Morgan fingerprint density at radius 2 is 1.77 bits per heavy atom. The molecule has 1 amide bonds. The van der Waals surface area contributed by atoms with Crippen LogP contribution in [0.2, 0.25) is 0 Å². The Morgan fingerprint density at radius 1 is 1.12 bits per heavy atom. The molecule has 1 fully saturated rings. The lowest BCUT2D eigenvalue weighted by atomic mass is 10.2. The summed E-state index contributed by atoms with van der Waals surface area (Å²) < 4.78 is 30.8. The first-order chi connectivity index (χ1) is 12.3. The van der Waals surface area contributed by atoms with Gasteiger partial charge in [0, 0.05) is 12.6 Å². The number of thioether (sulfide) groups is 1. The van der Waals surface area contributed by atoms with Crippen molar-refractivity contribution in [1.82, 2.24) is 4.90 Å². The summed E-state index contributed by atoms with van der Waals surface area (Å²) in [7, 11) is -2.38. The number of hydrogen-bond acceptors (Lipinski definition) is 6. The molecule has 2 aromatic rings. The molecule has 1 aliphatic rings. The number of carbonyl (C=O) groups excluding carboxylic acids is 1. The number of thiocarbonyl (C=S) groups is 1. The molecule has 1 aliphatic heterocycles. The normalized spacial score (nSPS) is 16.4. The molecule has 0 spiro atoms. The second-order valence-electron chi connectivity index (χ2n) is 5.63. The first kappa shape index (κ1) is 18.6. The Balaban J connectivity index is 1.94. The zero-order valence-electron chi connectivity index (χ0n) is 14.0. The van der Waals surface area contributed by atoms with Crippen molar-refractivity contribution in [3.05, 3.63) is 64.6 Å². The van der Waals surface area contributed by atoms with Crippen LogP contribution in [-0.2, 0) is 14.9 Å². The molecule has 0 aromatic heterocycles. The standard InChI is InChI=1S/C18H15NO4S3/c1-12-7-9-14(10-8-12)26(21,22)23-15-6-4-3-5-13(15)11-16-17(20)19(2)18(24)25-16/h3-11H,1-2H3/b16-11-. The predicted molar refractivity (Wildman–Crippen MR) is 106 cm³/mol. The average Bonchev–Trinajstić information content (AvgIpc) is 2.84. The van der Waals surface area contributed by atoms with Gasteiger partial charge >= 0.3 is 10.1 Å². The van der Waals surface area contributed by atoms with E-state index in [0.29, 0.717) is 14.8 Å². The zero-order valence-corrected chi connectivity index (χ0v) is 16.5. The van der Waals surface area contributed by atoms with Crippen LogP contribution in [0.15, 0.2) is 58.3 Å². The van der Waals surface area contributed by atoms with Gasteiger partial charge in [-0.3, -0.25) is 9.69 Å². The van der Waals surface area contributed by atoms with Crippen molar-refractivity contribution in [2.75, 3.05) is 7.05 Å². The fourth-order valence-corrected chi connectivity index (χ4v) is 4.36. The molecule has 0 aliphatic carbocycles. The van der Waals surface area contributed by atoms with Crippen molar-refractivity contribution in [3.63, 3.8) is 0 Å². The van der Waals surface area contributed by atoms with Gasteiger partial charge in [0.1, 0.15) is 15.0 Å². The molecule has 0 atom stereocenters. The van der Waals surface area contributed by atoms with Crippen molar-refractivity contribution in [3.8, 4) is 5.75 Å². The number of carbonyl (C=O) groups is 1. The SMILES string of the molecule is Cc1ccc(S(=O)(=O)Oc2ccccc2/C=C2\SC(=S)N(C)C2=O)cc1. The Bertz CT molecular complexity index is 1010. The predicted octanol–water partition coefficient (Wildman–Crippen LogP) is 3.59. The fourth-order valence-electron chi connectivity index (χ4n) is 2.23. The lowest BCUT2D eigenvalue weighted by molar-refractivity contribution is -0.121. The van der Waals surface area contributed by atoms with Gasteiger partial charge in [0.05, 0.1) is 4.91 Å². The molecule has 8 heteroatoms. The highest BCUT2D eigenvalue weighted by Crippen LogP contribution is 2.33. The van der Waals surface area contributed by atoms with Crippen molar-refractivity contribution in [2.24, 2.45) is 0 Å². The maximum absolute atomic E-state index is 12.5. The van der Waals surface area contributed by atoms with Crippen molar-refractivity contribution >= 4 is 50.4 Å². The van der Waals surface area contributed by atoms with Crippen LogP contribution in [-0.4, -0.2) is 30.6 Å². The van der Waals surface area contributed by atoms with Crippen molar-refractivity contribution in [2.45, 2.75) is 11.8 Å². The fraction of sp³-hybridized carbons (Fsp3) is 0.111. The molecule has 1 saturated heterocycles. The molecule has 134 valence electrons. The van der Waals surface area contributed by atoms with Gasteiger partial charge in [-0.15, -0.1) is 0 Å². The summed E-state index contributed by atoms with van der Waals surface area (Å²) in [5.74, 6) is -0.0781. The molecule has 0 saturated carbocycles. The quantitative estimate of drug-likeness (QED) is 0.440. The summed E-state index contributed by atoms with van der Waals surface area (Å²) in [6, 6.07) is 13.0. The van der Waals surface area contributed by atoms with E-state index in [9.17, 15) is 13.2 Å². The summed E-state index contributed by atoms with van der Waals surface area (Å²) in [6.45, 7) is 1.87. The molecule has 0 N–H and O–H groups in total. The molecule has 5 nitrogen and oxygen atoms in total. The van der Waals surface area contributed by atoms with E-state index >= 15 is 0 Å². The van der Waals surface area contributed by atoms with Gasteiger partial charge in [0.15, 0.2) is 0 Å². The van der Waals surface area contributed by atoms with E-state index in [2.05, 4.69) is 0 Å². The third-order valence-electron chi connectivity index (χ3n) is 3.70. The number of nitrogens with zero attached hydrogens (tertiary/aromatic N) is 1. The van der Waals surface area contributed by atoms with Gasteiger partial charge < -0.3 is 4.18 Å². The lowest BCUT2D eigenvalue weighted by Gasteiger charge is -2.10. The average molecular weight is 406 g/mol. The molecular formula is C18H15NO4S3. The van der Waals surface area contributed by atoms with Gasteiger partial charge in [-0.05, 0) is 31.2 Å². The monoisotopic (exact) mass is 405 g/mol. The van der Waals surface area contributed by atoms with Gasteiger partial charge in [-0.1, -0.05) is 59.9 Å². The first-order valence-electron chi connectivity index (χ1n) is 7.60. The van der Waals surface area contributed by atoms with Crippen LogP contribution in [0.25, 0.3) is 6.08 Å². The van der Waals surface area contributed by atoms with Crippen LogP contribution >= 0.6 is 24.0 Å². The molecule has 0 radical (unpaired) electrons. The molecule has 2 aromatic carbocycles. The highest BCUT2D eigenvalue weighted by molar-refractivity contribution is 8.26. The van der Waals surface area contributed by atoms with Gasteiger partial charge in [-0.2, -0.15) is 8.42 Å². The minimum atomic E-state index is -3.98. The summed E-state index contributed by atoms with van der Waals surface area (Å²) in [6.07, 6.45) is 1.59. The third-order valence-corrected chi connectivity index (χ3v) is 6.43. The van der Waals surface area contributed by atoms with Crippen LogP contribution in [0.5, 0.6) is 5.75 Å². The van der Waals surface area contributed by atoms with Crippen LogP contribution in [0, 0.1) is 6.92 Å². The minimum Gasteiger partial charge on any atom is -0.378 e. The molecule has 3 rings (SSSR count). The Labute approximate surface area is 161 Å². The van der Waals surface area contributed by atoms with Crippen LogP contribution in [0.4, 0.5) is 0 Å². The van der Waals surface area contributed by atoms with Crippen LogP contribution < -0.4 is 4.18 Å². The number of para-hydroxylation sites is 1. The number of hydrogen-bond donors (Lipinski definition) is 0. The number of likely N-dealkylation sites (N-methyl/N-ethyl adjacent to an activating group) is 1. The molecule has 0 bridgehead atoms. The number of amides is 1. The van der Waals surface area contributed by atoms with E-state index < -0.39 is 10.1 Å². The molecule has 0 unspecified atom stereocenters. The summed E-state index contributed by atoms with van der Waals surface area (Å²) in [5.41, 5.74) is 1.43. The van der Waals surface area contributed by atoms with E-state index in [1.165, 1.54) is 28.8 Å². The third kappa shape index (κ3) is 3.82. The molecule has 26 heavy (non-hydrogen) atoms. The maximum Gasteiger partial charge on any atom is 0.339 e. The van der Waals surface area contributed by atoms with Crippen molar-refractivity contribution < 1.29 is 17.4 Å². The Morgan fingerprint density at radius 3 is 2.38 bits per heavy atom.